The summed E-state index contributed by atoms with van der Waals surface area (Å²) in [5, 5.41) is 5.89. The molecular formula is C33H49N3O4. The maximum atomic E-state index is 14.6. The molecule has 7 heteroatoms. The molecule has 2 aromatic carbocycles. The fourth-order valence-corrected chi connectivity index (χ4v) is 4.55. The summed E-state index contributed by atoms with van der Waals surface area (Å²) in [5.41, 5.74) is 0.910. The molecule has 0 aliphatic carbocycles. The highest BCUT2D eigenvalue weighted by Gasteiger charge is 2.38. The zero-order valence-corrected chi connectivity index (χ0v) is 25.4. The molecule has 0 aliphatic heterocycles. The third-order valence-electron chi connectivity index (χ3n) is 6.63. The molecule has 0 aliphatic rings. The topological polar surface area (TPSA) is 87.7 Å². The molecule has 0 bridgehead atoms. The molecule has 3 atom stereocenters. The van der Waals surface area contributed by atoms with Gasteiger partial charge in [0.05, 0.1) is 0 Å². The van der Waals surface area contributed by atoms with Crippen molar-refractivity contribution in [1.82, 2.24) is 15.5 Å². The Bertz CT molecular complexity index is 1050. The number of carbonyl (C=O) groups excluding carboxylic acids is 3. The number of carbonyl (C=O) groups is 3. The average Bonchev–Trinajstić information content (AvgIpc) is 2.89. The van der Waals surface area contributed by atoms with Crippen LogP contribution < -0.4 is 10.6 Å². The first kappa shape index (κ1) is 32.9. The van der Waals surface area contributed by atoms with Gasteiger partial charge in [-0.2, -0.15) is 0 Å². The summed E-state index contributed by atoms with van der Waals surface area (Å²) in [4.78, 5) is 43.0. The molecule has 0 saturated heterocycles. The minimum atomic E-state index is -0.923. The molecule has 0 saturated carbocycles. The lowest BCUT2D eigenvalue weighted by atomic mass is 9.96. The molecule has 3 unspecified atom stereocenters. The molecule has 2 aromatic rings. The van der Waals surface area contributed by atoms with Crippen LogP contribution in [0.5, 0.6) is 0 Å². The first-order valence-corrected chi connectivity index (χ1v) is 14.6. The van der Waals surface area contributed by atoms with Crippen LogP contribution in [0.15, 0.2) is 60.7 Å². The van der Waals surface area contributed by atoms with E-state index in [0.717, 1.165) is 36.8 Å². The Balaban J connectivity index is 2.56. The van der Waals surface area contributed by atoms with Gasteiger partial charge in [0.1, 0.15) is 17.7 Å². The summed E-state index contributed by atoms with van der Waals surface area (Å²) in [6.45, 7) is 14.2. The molecule has 0 radical (unpaired) electrons. The maximum Gasteiger partial charge on any atom is 0.408 e. The molecule has 40 heavy (non-hydrogen) atoms. The SMILES string of the molecule is CCCCNC(=O)C(c1ccccc1)N(C(=O)C(Cc1ccccc1)NC(=O)OC(C)(C)C)C(C)CCC(C)C. The highest BCUT2D eigenvalue weighted by atomic mass is 16.6. The summed E-state index contributed by atoms with van der Waals surface area (Å²) in [6, 6.07) is 17.0. The predicted octanol–water partition coefficient (Wildman–Crippen LogP) is 6.43. The lowest BCUT2D eigenvalue weighted by Crippen LogP contribution is -2.56. The van der Waals surface area contributed by atoms with Gasteiger partial charge >= 0.3 is 6.09 Å². The Morgan fingerprint density at radius 3 is 2.05 bits per heavy atom. The van der Waals surface area contributed by atoms with Crippen LogP contribution in [0, 0.1) is 5.92 Å². The zero-order chi connectivity index (χ0) is 29.7. The van der Waals surface area contributed by atoms with Gasteiger partial charge in [-0.05, 0) is 64.0 Å². The van der Waals surface area contributed by atoms with E-state index in [0.29, 0.717) is 12.5 Å². The fraction of sp³-hybridized carbons (Fsp3) is 0.545. The van der Waals surface area contributed by atoms with E-state index in [-0.39, 0.29) is 24.3 Å². The van der Waals surface area contributed by atoms with Gasteiger partial charge in [0, 0.05) is 19.0 Å². The zero-order valence-electron chi connectivity index (χ0n) is 25.4. The highest BCUT2D eigenvalue weighted by Crippen LogP contribution is 2.28. The van der Waals surface area contributed by atoms with Gasteiger partial charge in [-0.3, -0.25) is 9.59 Å². The van der Waals surface area contributed by atoms with Crippen LogP contribution in [0.1, 0.15) is 91.3 Å². The van der Waals surface area contributed by atoms with Gasteiger partial charge in [-0.1, -0.05) is 87.9 Å². The van der Waals surface area contributed by atoms with E-state index in [2.05, 4.69) is 31.4 Å². The number of hydrogen-bond donors (Lipinski definition) is 2. The number of alkyl carbamates (subject to hydrolysis) is 1. The molecular weight excluding hydrogens is 502 g/mol. The Hall–Kier alpha value is -3.35. The Morgan fingerprint density at radius 2 is 1.50 bits per heavy atom. The van der Waals surface area contributed by atoms with Gasteiger partial charge in [0.2, 0.25) is 11.8 Å². The van der Waals surface area contributed by atoms with Crippen molar-refractivity contribution in [3.05, 3.63) is 71.8 Å². The second-order valence-corrected chi connectivity index (χ2v) is 11.9. The van der Waals surface area contributed by atoms with Crippen molar-refractivity contribution in [2.75, 3.05) is 6.54 Å². The van der Waals surface area contributed by atoms with Crippen LogP contribution in [-0.4, -0.2) is 47.0 Å². The first-order chi connectivity index (χ1) is 18.9. The van der Waals surface area contributed by atoms with Gasteiger partial charge in [-0.25, -0.2) is 4.79 Å². The smallest absolute Gasteiger partial charge is 0.408 e. The minimum Gasteiger partial charge on any atom is -0.444 e. The maximum absolute atomic E-state index is 14.6. The lowest BCUT2D eigenvalue weighted by molar-refractivity contribution is -0.145. The highest BCUT2D eigenvalue weighted by molar-refractivity contribution is 5.92. The van der Waals surface area contributed by atoms with Gasteiger partial charge < -0.3 is 20.3 Å². The van der Waals surface area contributed by atoms with Gasteiger partial charge in [0.25, 0.3) is 0 Å². The Kier molecular flexibility index (Phi) is 13.2. The molecule has 0 spiro atoms. The Morgan fingerprint density at radius 1 is 0.900 bits per heavy atom. The summed E-state index contributed by atoms with van der Waals surface area (Å²) in [7, 11) is 0. The number of nitrogens with one attached hydrogen (secondary N) is 2. The van der Waals surface area contributed by atoms with E-state index in [9.17, 15) is 14.4 Å². The van der Waals surface area contributed by atoms with Crippen LogP contribution in [0.25, 0.3) is 0 Å². The quantitative estimate of drug-likeness (QED) is 0.265. The van der Waals surface area contributed by atoms with Crippen molar-refractivity contribution in [3.63, 3.8) is 0 Å². The molecule has 0 aromatic heterocycles. The normalized spacial score (nSPS) is 13.7. The van der Waals surface area contributed by atoms with E-state index < -0.39 is 23.8 Å². The van der Waals surface area contributed by atoms with Crippen molar-refractivity contribution in [2.24, 2.45) is 5.92 Å². The van der Waals surface area contributed by atoms with Crippen LogP contribution in [0.4, 0.5) is 4.79 Å². The largest absolute Gasteiger partial charge is 0.444 e. The number of rotatable bonds is 14. The van der Waals surface area contributed by atoms with Crippen molar-refractivity contribution in [1.29, 1.82) is 0 Å². The summed E-state index contributed by atoms with van der Waals surface area (Å²) in [5.74, 6) is -0.0986. The number of benzene rings is 2. The lowest BCUT2D eigenvalue weighted by Gasteiger charge is -2.39. The average molecular weight is 552 g/mol. The minimum absolute atomic E-state index is 0.222. The summed E-state index contributed by atoms with van der Waals surface area (Å²) < 4.78 is 5.53. The van der Waals surface area contributed by atoms with Crippen molar-refractivity contribution >= 4 is 17.9 Å². The number of nitrogens with zero attached hydrogens (tertiary/aromatic N) is 1. The van der Waals surface area contributed by atoms with E-state index in [1.807, 2.05) is 67.6 Å². The van der Waals surface area contributed by atoms with Crippen LogP contribution >= 0.6 is 0 Å². The first-order valence-electron chi connectivity index (χ1n) is 14.6. The second kappa shape index (κ2) is 16.0. The Labute approximate surface area is 241 Å². The van der Waals surface area contributed by atoms with Crippen LogP contribution in [0.3, 0.4) is 0 Å². The van der Waals surface area contributed by atoms with E-state index in [1.54, 1.807) is 25.7 Å². The third kappa shape index (κ3) is 11.0. The van der Waals surface area contributed by atoms with E-state index in [1.165, 1.54) is 0 Å². The van der Waals surface area contributed by atoms with E-state index >= 15 is 0 Å². The number of hydrogen-bond acceptors (Lipinski definition) is 4. The molecule has 2 rings (SSSR count). The van der Waals surface area contributed by atoms with Gasteiger partial charge in [-0.15, -0.1) is 0 Å². The molecule has 220 valence electrons. The van der Waals surface area contributed by atoms with Crippen molar-refractivity contribution in [3.8, 4) is 0 Å². The molecule has 0 heterocycles. The van der Waals surface area contributed by atoms with Crippen molar-refractivity contribution < 1.29 is 19.1 Å². The molecule has 3 amide bonds. The summed E-state index contributed by atoms with van der Waals surface area (Å²) >= 11 is 0. The van der Waals surface area contributed by atoms with Gasteiger partial charge in [0.15, 0.2) is 0 Å². The molecule has 0 fully saturated rings. The summed E-state index contributed by atoms with van der Waals surface area (Å²) in [6.07, 6.45) is 3.02. The van der Waals surface area contributed by atoms with Crippen LogP contribution in [0.2, 0.25) is 0 Å². The second-order valence-electron chi connectivity index (χ2n) is 11.9. The van der Waals surface area contributed by atoms with Crippen molar-refractivity contribution in [2.45, 2.75) is 104 Å². The number of ether oxygens (including phenoxy) is 1. The monoisotopic (exact) mass is 551 g/mol. The third-order valence-corrected chi connectivity index (χ3v) is 6.63. The van der Waals surface area contributed by atoms with E-state index in [4.69, 9.17) is 4.74 Å². The standard InChI is InChI=1S/C33H49N3O4/c1-8-9-22-34-30(37)29(27-18-14-11-15-19-27)36(25(4)21-20-24(2)3)31(38)28(23-26-16-12-10-13-17-26)35-32(39)40-33(5,6)7/h10-19,24-25,28-29H,8-9,20-23H2,1-7H3,(H,34,37)(H,35,39). The fourth-order valence-electron chi connectivity index (χ4n) is 4.55. The molecule has 2 N–H and O–H groups in total. The number of amides is 3. The molecule has 7 nitrogen and oxygen atoms in total. The van der Waals surface area contributed by atoms with Crippen LogP contribution in [-0.2, 0) is 20.7 Å². The predicted molar refractivity (Wildman–Crippen MR) is 161 cm³/mol. The number of unbranched alkanes of at least 4 members (excludes halogenated alkanes) is 1.